The Kier molecular flexibility index (Phi) is 5.37. The van der Waals surface area contributed by atoms with Gasteiger partial charge in [-0.3, -0.25) is 4.79 Å². The number of carbonyl (C=O) groups excluding carboxylic acids is 1. The third kappa shape index (κ3) is 4.59. The van der Waals surface area contributed by atoms with Gasteiger partial charge < -0.3 is 10.6 Å². The Balaban J connectivity index is 1.78. The van der Waals surface area contributed by atoms with E-state index in [0.717, 1.165) is 30.5 Å². The van der Waals surface area contributed by atoms with Gasteiger partial charge in [0.15, 0.2) is 0 Å². The summed E-state index contributed by atoms with van der Waals surface area (Å²) >= 11 is 0. The average molecular weight is 340 g/mol. The van der Waals surface area contributed by atoms with Crippen molar-refractivity contribution < 1.29 is 9.18 Å². The number of rotatable bonds is 7. The van der Waals surface area contributed by atoms with Crippen LogP contribution in [0.2, 0.25) is 0 Å². The number of amides is 1. The molecule has 25 heavy (non-hydrogen) atoms. The molecule has 2 aromatic carbocycles. The highest BCUT2D eigenvalue weighted by atomic mass is 19.1. The minimum atomic E-state index is -0.532. The second-order valence-corrected chi connectivity index (χ2v) is 6.84. The number of benzene rings is 2. The van der Waals surface area contributed by atoms with Crippen LogP contribution in [0.5, 0.6) is 0 Å². The van der Waals surface area contributed by atoms with Crippen molar-refractivity contribution >= 4 is 11.6 Å². The Morgan fingerprint density at radius 1 is 1.08 bits per heavy atom. The van der Waals surface area contributed by atoms with Crippen molar-refractivity contribution in [2.75, 3.05) is 5.32 Å². The second-order valence-electron chi connectivity index (χ2n) is 6.84. The summed E-state index contributed by atoms with van der Waals surface area (Å²) in [6.45, 7) is 4.37. The van der Waals surface area contributed by atoms with Gasteiger partial charge in [-0.1, -0.05) is 38.1 Å². The van der Waals surface area contributed by atoms with Gasteiger partial charge in [0.05, 0.1) is 0 Å². The molecule has 4 heteroatoms. The van der Waals surface area contributed by atoms with E-state index in [1.807, 2.05) is 12.1 Å². The molecule has 1 aliphatic carbocycles. The van der Waals surface area contributed by atoms with E-state index in [9.17, 15) is 9.18 Å². The van der Waals surface area contributed by atoms with Gasteiger partial charge in [-0.15, -0.1) is 0 Å². The molecule has 0 unspecified atom stereocenters. The van der Waals surface area contributed by atoms with E-state index in [1.54, 1.807) is 12.1 Å². The van der Waals surface area contributed by atoms with E-state index in [4.69, 9.17) is 0 Å². The van der Waals surface area contributed by atoms with Crippen LogP contribution in [0.3, 0.4) is 0 Å². The molecule has 0 aliphatic heterocycles. The monoisotopic (exact) mass is 340 g/mol. The molecule has 132 valence electrons. The zero-order chi connectivity index (χ0) is 17.8. The summed E-state index contributed by atoms with van der Waals surface area (Å²) < 4.78 is 13.2. The third-order valence-electron chi connectivity index (χ3n) is 4.79. The van der Waals surface area contributed by atoms with Crippen molar-refractivity contribution in [3.05, 3.63) is 65.5 Å². The fraction of sp³-hybridized carbons (Fsp3) is 0.381. The lowest BCUT2D eigenvalue weighted by atomic mass is 9.98. The number of halogens is 1. The predicted octanol–water partition coefficient (Wildman–Crippen LogP) is 4.77. The lowest BCUT2D eigenvalue weighted by molar-refractivity contribution is -0.122. The molecular formula is C21H25FN2O. The van der Waals surface area contributed by atoms with Gasteiger partial charge in [0.25, 0.3) is 0 Å². The van der Waals surface area contributed by atoms with Gasteiger partial charge in [0.1, 0.15) is 11.9 Å². The van der Waals surface area contributed by atoms with Crippen LogP contribution in [-0.4, -0.2) is 11.9 Å². The zero-order valence-corrected chi connectivity index (χ0v) is 14.8. The quantitative estimate of drug-likeness (QED) is 0.762. The molecule has 0 spiro atoms. The Hall–Kier alpha value is -2.36. The lowest BCUT2D eigenvalue weighted by Gasteiger charge is -2.20. The van der Waals surface area contributed by atoms with E-state index in [0.29, 0.717) is 5.92 Å². The first kappa shape index (κ1) is 17.5. The summed E-state index contributed by atoms with van der Waals surface area (Å²) in [5.41, 5.74) is 2.92. The molecule has 0 bridgehead atoms. The predicted molar refractivity (Wildman–Crippen MR) is 99.1 cm³/mol. The highest BCUT2D eigenvalue weighted by molar-refractivity contribution is 5.86. The van der Waals surface area contributed by atoms with Crippen LogP contribution in [-0.2, 0) is 4.79 Å². The maximum absolute atomic E-state index is 13.2. The lowest BCUT2D eigenvalue weighted by Crippen LogP contribution is -2.34. The number of anilines is 1. The number of hydrogen-bond donors (Lipinski definition) is 2. The van der Waals surface area contributed by atoms with Crippen LogP contribution in [0, 0.1) is 5.82 Å². The number of hydrogen-bond acceptors (Lipinski definition) is 2. The summed E-state index contributed by atoms with van der Waals surface area (Å²) in [6, 6.07) is 14.0. The van der Waals surface area contributed by atoms with Gasteiger partial charge in [0, 0.05) is 11.7 Å². The number of nitrogens with one attached hydrogen (secondary N) is 2. The van der Waals surface area contributed by atoms with Gasteiger partial charge in [-0.25, -0.2) is 4.39 Å². The molecule has 0 heterocycles. The van der Waals surface area contributed by atoms with Crippen LogP contribution < -0.4 is 10.6 Å². The van der Waals surface area contributed by atoms with E-state index in [2.05, 4.69) is 36.6 Å². The molecule has 1 aliphatic rings. The Morgan fingerprint density at radius 3 is 2.24 bits per heavy atom. The Bertz CT molecular complexity index is 708. The summed E-state index contributed by atoms with van der Waals surface area (Å²) in [4.78, 5) is 12.6. The molecule has 1 amide bonds. The largest absolute Gasteiger partial charge is 0.370 e. The standard InChI is InChI=1S/C21H25FN2O/c1-3-14(2)15-6-10-18(11-7-15)23-20(21(25)24-19-12-13-19)16-4-8-17(22)9-5-16/h4-11,14,19-20,23H,3,12-13H2,1-2H3,(H,24,25)/t14-,20-/m0/s1. The van der Waals surface area contributed by atoms with Crippen LogP contribution in [0.4, 0.5) is 10.1 Å². The minimum absolute atomic E-state index is 0.0693. The summed E-state index contributed by atoms with van der Waals surface area (Å²) in [7, 11) is 0. The van der Waals surface area contributed by atoms with Crippen LogP contribution in [0.15, 0.2) is 48.5 Å². The van der Waals surface area contributed by atoms with Crippen molar-refractivity contribution in [2.45, 2.75) is 51.1 Å². The molecule has 0 saturated heterocycles. The highest BCUT2D eigenvalue weighted by Gasteiger charge is 2.28. The van der Waals surface area contributed by atoms with Crippen molar-refractivity contribution in [1.82, 2.24) is 5.32 Å². The zero-order valence-electron chi connectivity index (χ0n) is 14.8. The number of carbonyl (C=O) groups is 1. The SMILES string of the molecule is CC[C@H](C)c1ccc(N[C@H](C(=O)NC2CC2)c2ccc(F)cc2)cc1. The Labute approximate surface area is 148 Å². The molecule has 2 aromatic rings. The van der Waals surface area contributed by atoms with E-state index in [1.165, 1.54) is 17.7 Å². The fourth-order valence-corrected chi connectivity index (χ4v) is 2.78. The van der Waals surface area contributed by atoms with Crippen LogP contribution in [0.1, 0.15) is 56.2 Å². The summed E-state index contributed by atoms with van der Waals surface area (Å²) in [6.07, 6.45) is 3.16. The van der Waals surface area contributed by atoms with E-state index >= 15 is 0 Å². The summed E-state index contributed by atoms with van der Waals surface area (Å²) in [5.74, 6) is 0.142. The topological polar surface area (TPSA) is 41.1 Å². The van der Waals surface area contributed by atoms with E-state index < -0.39 is 6.04 Å². The highest BCUT2D eigenvalue weighted by Crippen LogP contribution is 2.26. The normalized spacial score (nSPS) is 16.1. The first-order chi connectivity index (χ1) is 12.1. The smallest absolute Gasteiger partial charge is 0.247 e. The minimum Gasteiger partial charge on any atom is -0.370 e. The van der Waals surface area contributed by atoms with Gasteiger partial charge >= 0.3 is 0 Å². The van der Waals surface area contributed by atoms with Crippen molar-refractivity contribution in [3.63, 3.8) is 0 Å². The molecule has 3 nitrogen and oxygen atoms in total. The molecule has 1 fully saturated rings. The average Bonchev–Trinajstić information content (AvgIpc) is 3.44. The van der Waals surface area contributed by atoms with Gasteiger partial charge in [-0.2, -0.15) is 0 Å². The summed E-state index contributed by atoms with van der Waals surface area (Å²) in [5, 5.41) is 6.33. The van der Waals surface area contributed by atoms with E-state index in [-0.39, 0.29) is 17.8 Å². The fourth-order valence-electron chi connectivity index (χ4n) is 2.78. The first-order valence-corrected chi connectivity index (χ1v) is 8.99. The van der Waals surface area contributed by atoms with Crippen molar-refractivity contribution in [1.29, 1.82) is 0 Å². The molecule has 0 radical (unpaired) electrons. The van der Waals surface area contributed by atoms with Crippen LogP contribution >= 0.6 is 0 Å². The maximum atomic E-state index is 13.2. The maximum Gasteiger partial charge on any atom is 0.247 e. The van der Waals surface area contributed by atoms with Gasteiger partial charge in [-0.05, 0) is 60.6 Å². The van der Waals surface area contributed by atoms with Crippen molar-refractivity contribution in [3.8, 4) is 0 Å². The molecule has 0 aromatic heterocycles. The Morgan fingerprint density at radius 2 is 1.68 bits per heavy atom. The molecule has 2 N–H and O–H groups in total. The second kappa shape index (κ2) is 7.68. The van der Waals surface area contributed by atoms with Crippen LogP contribution in [0.25, 0.3) is 0 Å². The van der Waals surface area contributed by atoms with Crippen molar-refractivity contribution in [2.24, 2.45) is 0 Å². The molecule has 1 saturated carbocycles. The first-order valence-electron chi connectivity index (χ1n) is 8.99. The molecule has 2 atom stereocenters. The molecule has 3 rings (SSSR count). The molecular weight excluding hydrogens is 315 g/mol. The third-order valence-corrected chi connectivity index (χ3v) is 4.79. The van der Waals surface area contributed by atoms with Gasteiger partial charge in [0.2, 0.25) is 5.91 Å².